The van der Waals surface area contributed by atoms with Crippen LogP contribution in [0.2, 0.25) is 0 Å². The minimum atomic E-state index is -0.497. The first-order chi connectivity index (χ1) is 14.5. The summed E-state index contributed by atoms with van der Waals surface area (Å²) < 4.78 is 7.25. The van der Waals surface area contributed by atoms with Gasteiger partial charge in [-0.1, -0.05) is 17.8 Å². The Balaban J connectivity index is 1.49. The molecule has 4 rings (SSSR count). The van der Waals surface area contributed by atoms with Gasteiger partial charge in [0, 0.05) is 11.4 Å². The summed E-state index contributed by atoms with van der Waals surface area (Å²) in [6.07, 6.45) is 6.12. The lowest BCUT2D eigenvalue weighted by Crippen LogP contribution is -2.19. The van der Waals surface area contributed by atoms with E-state index in [1.807, 2.05) is 17.6 Å². The van der Waals surface area contributed by atoms with E-state index in [9.17, 15) is 9.59 Å². The smallest absolute Gasteiger partial charge is 0.251 e. The number of thiophene rings is 1. The van der Waals surface area contributed by atoms with E-state index in [-0.39, 0.29) is 11.7 Å². The Bertz CT molecular complexity index is 1130. The third kappa shape index (κ3) is 3.80. The average molecular weight is 444 g/mol. The van der Waals surface area contributed by atoms with Gasteiger partial charge in [-0.25, -0.2) is 0 Å². The van der Waals surface area contributed by atoms with E-state index in [0.717, 1.165) is 41.0 Å². The van der Waals surface area contributed by atoms with Crippen LogP contribution in [0.4, 0.5) is 5.00 Å². The Labute approximate surface area is 181 Å². The number of thioether (sulfide) groups is 1. The number of hydrogen-bond donors (Lipinski definition) is 2. The third-order valence-electron chi connectivity index (χ3n) is 4.88. The fraction of sp³-hybridized carbons (Fsp3) is 0.300. The molecule has 3 N–H and O–H groups in total. The quantitative estimate of drug-likeness (QED) is 0.407. The molecule has 0 saturated heterocycles. The van der Waals surface area contributed by atoms with Crippen molar-refractivity contribution in [3.63, 3.8) is 0 Å². The number of carbonyl (C=O) groups is 2. The fourth-order valence-corrected chi connectivity index (χ4v) is 5.61. The number of primary amides is 1. The van der Waals surface area contributed by atoms with Crippen LogP contribution in [0.15, 0.2) is 34.6 Å². The summed E-state index contributed by atoms with van der Waals surface area (Å²) in [5, 5.41) is 12.5. The van der Waals surface area contributed by atoms with Crippen molar-refractivity contribution in [1.82, 2.24) is 14.8 Å². The summed E-state index contributed by atoms with van der Waals surface area (Å²) in [4.78, 5) is 25.6. The predicted octanol–water partition coefficient (Wildman–Crippen LogP) is 3.41. The van der Waals surface area contributed by atoms with Crippen LogP contribution in [0.1, 0.15) is 33.0 Å². The molecule has 0 spiro atoms. The lowest BCUT2D eigenvalue weighted by molar-refractivity contribution is -0.113. The second-order valence-corrected chi connectivity index (χ2v) is 8.91. The maximum absolute atomic E-state index is 12.6. The van der Waals surface area contributed by atoms with E-state index >= 15 is 0 Å². The molecule has 0 saturated carbocycles. The molecule has 1 aliphatic rings. The molecule has 3 heterocycles. The first-order valence-corrected chi connectivity index (χ1v) is 11.2. The molecule has 0 atom stereocenters. The van der Waals surface area contributed by atoms with Crippen LogP contribution in [-0.4, -0.2) is 32.3 Å². The normalized spacial score (nSPS) is 12.7. The largest absolute Gasteiger partial charge is 0.469 e. The van der Waals surface area contributed by atoms with E-state index in [4.69, 9.17) is 10.2 Å². The highest BCUT2D eigenvalue weighted by Gasteiger charge is 2.26. The summed E-state index contributed by atoms with van der Waals surface area (Å²) in [6, 6.07) is 1.83. The van der Waals surface area contributed by atoms with E-state index in [1.54, 1.807) is 12.3 Å². The average Bonchev–Trinajstić information content (AvgIpc) is 3.45. The Kier molecular flexibility index (Phi) is 5.78. The molecule has 156 valence electrons. The number of nitrogens with two attached hydrogens (primary N) is 1. The van der Waals surface area contributed by atoms with Gasteiger partial charge >= 0.3 is 0 Å². The lowest BCUT2D eigenvalue weighted by Gasteiger charge is -2.08. The molecule has 0 aromatic carbocycles. The van der Waals surface area contributed by atoms with Gasteiger partial charge < -0.3 is 15.5 Å². The van der Waals surface area contributed by atoms with Gasteiger partial charge in [0.05, 0.1) is 23.1 Å². The highest BCUT2D eigenvalue weighted by atomic mass is 32.2. The zero-order chi connectivity index (χ0) is 21.3. The molecule has 0 unspecified atom stereocenters. The molecule has 30 heavy (non-hydrogen) atoms. The summed E-state index contributed by atoms with van der Waals surface area (Å²) in [5.74, 6) is 0.807. The number of furan rings is 1. The fourth-order valence-electron chi connectivity index (χ4n) is 3.55. The Hall–Kier alpha value is -2.85. The standard InChI is InChI=1S/C20H21N5O3S2/c1-3-8-25-18(12-7-9-28-11(12)2)23-24-20(25)29-10-15(26)22-19-16(17(21)27)13-5-4-6-14(13)30-19/h3,7,9H,1,4-6,8,10H2,2H3,(H2,21,27)(H,22,26). The SMILES string of the molecule is C=CCn1c(SCC(=O)Nc2sc3c(c2C(N)=O)CCC3)nnc1-c1ccoc1C. The number of hydrogen-bond acceptors (Lipinski definition) is 7. The molecule has 1 aliphatic carbocycles. The highest BCUT2D eigenvalue weighted by molar-refractivity contribution is 7.99. The highest BCUT2D eigenvalue weighted by Crippen LogP contribution is 2.39. The van der Waals surface area contributed by atoms with Gasteiger partial charge in [-0.15, -0.1) is 28.1 Å². The Morgan fingerprint density at radius 2 is 2.27 bits per heavy atom. The van der Waals surface area contributed by atoms with Gasteiger partial charge in [-0.3, -0.25) is 14.2 Å². The van der Waals surface area contributed by atoms with Crippen molar-refractivity contribution in [2.24, 2.45) is 5.73 Å². The maximum atomic E-state index is 12.6. The molecular weight excluding hydrogens is 422 g/mol. The minimum Gasteiger partial charge on any atom is -0.469 e. The van der Waals surface area contributed by atoms with Gasteiger partial charge in [0.2, 0.25) is 5.91 Å². The van der Waals surface area contributed by atoms with Crippen molar-refractivity contribution in [2.45, 2.75) is 37.9 Å². The van der Waals surface area contributed by atoms with E-state index < -0.39 is 5.91 Å². The van der Waals surface area contributed by atoms with Crippen LogP contribution in [0.5, 0.6) is 0 Å². The molecule has 2 amide bonds. The van der Waals surface area contributed by atoms with Crippen LogP contribution >= 0.6 is 23.1 Å². The molecule has 0 aliphatic heterocycles. The number of anilines is 1. The number of fused-ring (bicyclic) bond motifs is 1. The Morgan fingerprint density at radius 1 is 1.43 bits per heavy atom. The van der Waals surface area contributed by atoms with Gasteiger partial charge in [-0.05, 0) is 37.8 Å². The summed E-state index contributed by atoms with van der Waals surface area (Å²) >= 11 is 2.71. The number of amides is 2. The number of nitrogens with one attached hydrogen (secondary N) is 1. The Morgan fingerprint density at radius 3 is 2.97 bits per heavy atom. The third-order valence-corrected chi connectivity index (χ3v) is 7.06. The number of rotatable bonds is 8. The van der Waals surface area contributed by atoms with Gasteiger partial charge in [0.25, 0.3) is 5.91 Å². The van der Waals surface area contributed by atoms with E-state index in [2.05, 4.69) is 22.1 Å². The monoisotopic (exact) mass is 443 g/mol. The molecule has 3 aromatic heterocycles. The molecule has 0 radical (unpaired) electrons. The van der Waals surface area contributed by atoms with Crippen molar-refractivity contribution >= 4 is 39.9 Å². The molecule has 10 heteroatoms. The number of allylic oxidation sites excluding steroid dienone is 1. The molecule has 0 bridgehead atoms. The van der Waals surface area contributed by atoms with Crippen LogP contribution in [0.3, 0.4) is 0 Å². The number of aryl methyl sites for hydroxylation is 2. The second kappa shape index (κ2) is 8.49. The number of aromatic nitrogens is 3. The molecule has 0 fully saturated rings. The lowest BCUT2D eigenvalue weighted by atomic mass is 10.1. The first-order valence-electron chi connectivity index (χ1n) is 9.45. The van der Waals surface area contributed by atoms with Crippen molar-refractivity contribution in [1.29, 1.82) is 0 Å². The molecule has 3 aromatic rings. The van der Waals surface area contributed by atoms with E-state index in [1.165, 1.54) is 23.1 Å². The second-order valence-electron chi connectivity index (χ2n) is 6.86. The number of nitrogens with zero attached hydrogens (tertiary/aromatic N) is 3. The molecule has 8 nitrogen and oxygen atoms in total. The van der Waals surface area contributed by atoms with Crippen LogP contribution in [0.25, 0.3) is 11.4 Å². The zero-order valence-corrected chi connectivity index (χ0v) is 18.1. The van der Waals surface area contributed by atoms with Gasteiger partial charge in [0.1, 0.15) is 10.8 Å². The van der Waals surface area contributed by atoms with Crippen molar-refractivity contribution in [3.05, 3.63) is 46.7 Å². The number of carbonyl (C=O) groups excluding carboxylic acids is 2. The van der Waals surface area contributed by atoms with Crippen LogP contribution in [-0.2, 0) is 24.2 Å². The van der Waals surface area contributed by atoms with Crippen molar-refractivity contribution < 1.29 is 14.0 Å². The van der Waals surface area contributed by atoms with Crippen molar-refractivity contribution in [2.75, 3.05) is 11.1 Å². The predicted molar refractivity (Wildman–Crippen MR) is 117 cm³/mol. The van der Waals surface area contributed by atoms with E-state index in [0.29, 0.717) is 28.1 Å². The summed E-state index contributed by atoms with van der Waals surface area (Å²) in [7, 11) is 0. The summed E-state index contributed by atoms with van der Waals surface area (Å²) in [6.45, 7) is 6.15. The zero-order valence-electron chi connectivity index (χ0n) is 16.4. The van der Waals surface area contributed by atoms with Crippen LogP contribution < -0.4 is 11.1 Å². The van der Waals surface area contributed by atoms with Gasteiger partial charge in [0.15, 0.2) is 11.0 Å². The van der Waals surface area contributed by atoms with Crippen LogP contribution in [0, 0.1) is 6.92 Å². The van der Waals surface area contributed by atoms with Gasteiger partial charge in [-0.2, -0.15) is 0 Å². The van der Waals surface area contributed by atoms with Crippen molar-refractivity contribution in [3.8, 4) is 11.4 Å². The topological polar surface area (TPSA) is 116 Å². The maximum Gasteiger partial charge on any atom is 0.251 e. The first kappa shape index (κ1) is 20.4. The minimum absolute atomic E-state index is 0.125. The molecular formula is C20H21N5O3S2. The summed E-state index contributed by atoms with van der Waals surface area (Å²) in [5.41, 5.74) is 7.85.